The van der Waals surface area contributed by atoms with E-state index in [9.17, 15) is 0 Å². The molecule has 0 spiro atoms. The smallest absolute Gasteiger partial charge is 0.135 e. The van der Waals surface area contributed by atoms with Crippen molar-refractivity contribution < 1.29 is 8.83 Å². The van der Waals surface area contributed by atoms with E-state index in [-0.39, 0.29) is 22.8 Å². The number of rotatable bonds is 7. The average molecular weight is 1380 g/mol. The summed E-state index contributed by atoms with van der Waals surface area (Å²) >= 11 is 0. The second-order valence-electron chi connectivity index (χ2n) is 32.2. The molecule has 4 nitrogen and oxygen atoms in total. The van der Waals surface area contributed by atoms with E-state index >= 15 is 0 Å². The number of benzene rings is 14. The maximum Gasteiger partial charge on any atom is 0.135 e. The van der Waals surface area contributed by atoms with Crippen molar-refractivity contribution in [2.45, 2.75) is 56.9 Å². The van der Waals surface area contributed by atoms with Gasteiger partial charge in [0, 0.05) is 71.0 Å². The Kier molecular flexibility index (Phi) is 11.6. The Hall–Kier alpha value is -13.0. The summed E-state index contributed by atoms with van der Waals surface area (Å²) in [6.07, 6.45) is 19.7. The van der Waals surface area contributed by atoms with Crippen molar-refractivity contribution >= 4 is 115 Å². The molecule has 0 aliphatic heterocycles. The standard InChI is InChI=1S/C104H68N2O2/c1-103(2)88-27-11-8-20-70(88)80-53-85-83-50-61(34-44-94(83)106(96(85)55-90(80)103)92-45-42-78-69-19-7-5-17-67(69)76-25-15-26-79(92)102(76)78)63-36-47-99-87(52-63)73-39-30-58(48-100(73)108-99)57-104(3)89-28-12-9-21-71(89)81-54-84-82-49-60(62-35-46-98-86(51-62)72-22-10-13-29-97(72)107-98)33-43-93(82)105(95(84)56-91(81)104)64-37-31-59(32-38-64)65-40-41-77-68-18-6-4-16-66(68)75-24-14-23-74(65)101(75)77/h4-11,13-27,29-56,79,92H,12,28,57H2,1-3H3. The molecule has 7 aliphatic carbocycles. The number of nitrogens with zero attached hydrogens (tertiary/aromatic N) is 2. The van der Waals surface area contributed by atoms with Crippen LogP contribution in [-0.4, -0.2) is 9.13 Å². The first-order valence-electron chi connectivity index (χ1n) is 38.4. The lowest BCUT2D eigenvalue weighted by molar-refractivity contribution is 0.539. The highest BCUT2D eigenvalue weighted by Crippen LogP contribution is 2.59. The lowest BCUT2D eigenvalue weighted by atomic mass is 9.72. The highest BCUT2D eigenvalue weighted by atomic mass is 16.3. The zero-order valence-electron chi connectivity index (χ0n) is 59.9. The van der Waals surface area contributed by atoms with Crippen LogP contribution in [-0.2, 0) is 17.3 Å². The molecular weight excluding hydrogens is 1310 g/mol. The molecule has 25 rings (SSSR count). The lowest BCUT2D eigenvalue weighted by Gasteiger charge is -2.32. The summed E-state index contributed by atoms with van der Waals surface area (Å²) in [6.45, 7) is 7.34. The van der Waals surface area contributed by atoms with Gasteiger partial charge in [0.05, 0.1) is 22.6 Å². The van der Waals surface area contributed by atoms with Gasteiger partial charge < -0.3 is 18.0 Å². The SMILES string of the molecule is CC1(Cc2ccc3c(c2)oc2ccc(-c4ccc5c(c4)c4cc6c(cc4n5C4C=CC5=C7C(=CC=CC74)c4ccccc45)C(C)(C)c4ccccc4-6)cc23)C2=C(C=CCC2)c2cc3c4cc(-c5ccc6oc7ccccc7c6c5)ccc4n(-c4ccc(-c5ccc6c7c(cccc57)-c5ccccc5-6)cc4)c3cc21. The molecule has 0 fully saturated rings. The highest BCUT2D eigenvalue weighted by Gasteiger charge is 2.44. The van der Waals surface area contributed by atoms with Crippen LogP contribution in [0.25, 0.3) is 187 Å². The number of furan rings is 2. The van der Waals surface area contributed by atoms with Gasteiger partial charge in [-0.2, -0.15) is 0 Å². The van der Waals surface area contributed by atoms with Gasteiger partial charge in [0.2, 0.25) is 0 Å². The fourth-order valence-electron chi connectivity index (χ4n) is 21.4. The van der Waals surface area contributed by atoms with E-state index in [0.717, 1.165) is 68.8 Å². The first-order chi connectivity index (χ1) is 53.1. The van der Waals surface area contributed by atoms with Gasteiger partial charge in [-0.1, -0.05) is 239 Å². The van der Waals surface area contributed by atoms with Gasteiger partial charge >= 0.3 is 0 Å². The molecule has 3 unspecified atom stereocenters. The Bertz CT molecular complexity index is 7410. The van der Waals surface area contributed by atoms with Crippen LogP contribution < -0.4 is 0 Å². The molecule has 0 N–H and O–H groups in total. The predicted molar refractivity (Wildman–Crippen MR) is 449 cm³/mol. The average Bonchev–Trinajstić information content (AvgIpc) is 1.54. The number of hydrogen-bond donors (Lipinski definition) is 0. The molecule has 0 bridgehead atoms. The van der Waals surface area contributed by atoms with Gasteiger partial charge in [0.1, 0.15) is 22.3 Å². The summed E-state index contributed by atoms with van der Waals surface area (Å²) in [7, 11) is 0. The van der Waals surface area contributed by atoms with Crippen molar-refractivity contribution in [2.24, 2.45) is 5.92 Å². The lowest BCUT2D eigenvalue weighted by Crippen LogP contribution is -2.26. The fraction of sp³-hybridized carbons (Fsp3) is 0.0962. The van der Waals surface area contributed by atoms with Crippen molar-refractivity contribution in [2.75, 3.05) is 0 Å². The van der Waals surface area contributed by atoms with Crippen LogP contribution >= 0.6 is 0 Å². The first kappa shape index (κ1) is 59.3. The van der Waals surface area contributed by atoms with E-state index < -0.39 is 0 Å². The van der Waals surface area contributed by atoms with Crippen LogP contribution in [0, 0.1) is 5.92 Å². The fourth-order valence-corrected chi connectivity index (χ4v) is 21.4. The molecule has 3 atom stereocenters. The van der Waals surface area contributed by atoms with Crippen LogP contribution in [0.5, 0.6) is 0 Å². The van der Waals surface area contributed by atoms with Crippen molar-refractivity contribution in [3.05, 3.63) is 360 Å². The summed E-state index contributed by atoms with van der Waals surface area (Å²) in [5, 5.41) is 12.2. The Morgan fingerprint density at radius 3 is 1.79 bits per heavy atom. The number of para-hydroxylation sites is 1. The third kappa shape index (κ3) is 7.88. The Morgan fingerprint density at radius 1 is 0.380 bits per heavy atom. The van der Waals surface area contributed by atoms with Crippen molar-refractivity contribution in [1.82, 2.24) is 9.13 Å². The Morgan fingerprint density at radius 2 is 0.981 bits per heavy atom. The summed E-state index contributed by atoms with van der Waals surface area (Å²) in [6, 6.07) is 101. The van der Waals surface area contributed by atoms with Gasteiger partial charge in [0.25, 0.3) is 0 Å². The number of hydrogen-bond acceptors (Lipinski definition) is 2. The molecule has 0 amide bonds. The molecule has 0 saturated carbocycles. The second kappa shape index (κ2) is 21.2. The summed E-state index contributed by atoms with van der Waals surface area (Å²) in [5.74, 6) is 0.190. The number of fused-ring (bicyclic) bond motifs is 23. The van der Waals surface area contributed by atoms with Gasteiger partial charge in [-0.15, -0.1) is 0 Å². The van der Waals surface area contributed by atoms with E-state index in [0.29, 0.717) is 0 Å². The molecule has 14 aromatic carbocycles. The molecular formula is C104H68N2O2. The van der Waals surface area contributed by atoms with E-state index in [2.05, 4.69) is 333 Å². The highest BCUT2D eigenvalue weighted by molar-refractivity contribution is 6.20. The molecule has 506 valence electrons. The van der Waals surface area contributed by atoms with Gasteiger partial charge in [-0.25, -0.2) is 0 Å². The number of aromatic nitrogens is 2. The molecule has 4 heteroatoms. The number of allylic oxidation sites excluding steroid dienone is 12. The van der Waals surface area contributed by atoms with Crippen LogP contribution in [0.4, 0.5) is 0 Å². The van der Waals surface area contributed by atoms with Crippen LogP contribution in [0.2, 0.25) is 0 Å². The first-order valence-corrected chi connectivity index (χ1v) is 38.4. The van der Waals surface area contributed by atoms with Crippen molar-refractivity contribution in [3.63, 3.8) is 0 Å². The largest absolute Gasteiger partial charge is 0.456 e. The third-order valence-corrected chi connectivity index (χ3v) is 26.4. The van der Waals surface area contributed by atoms with E-state index in [1.54, 1.807) is 0 Å². The minimum Gasteiger partial charge on any atom is -0.456 e. The van der Waals surface area contributed by atoms with E-state index in [1.165, 1.54) is 188 Å². The van der Waals surface area contributed by atoms with Gasteiger partial charge in [0.15, 0.2) is 0 Å². The normalized spacial score (nSPS) is 18.1. The Labute approximate surface area is 623 Å². The Balaban J connectivity index is 0.600. The van der Waals surface area contributed by atoms with E-state index in [4.69, 9.17) is 8.83 Å². The van der Waals surface area contributed by atoms with Crippen LogP contribution in [0.1, 0.15) is 78.6 Å². The molecule has 108 heavy (non-hydrogen) atoms. The zero-order chi connectivity index (χ0) is 70.7. The van der Waals surface area contributed by atoms with Gasteiger partial charge in [-0.05, 0) is 255 Å². The van der Waals surface area contributed by atoms with Gasteiger partial charge in [-0.3, -0.25) is 0 Å². The summed E-state index contributed by atoms with van der Waals surface area (Å²) < 4.78 is 18.6. The van der Waals surface area contributed by atoms with Crippen LogP contribution in [0.3, 0.4) is 0 Å². The molecule has 0 radical (unpaired) electrons. The minimum atomic E-state index is -0.296. The van der Waals surface area contributed by atoms with Crippen molar-refractivity contribution in [3.8, 4) is 72.4 Å². The van der Waals surface area contributed by atoms with Crippen molar-refractivity contribution in [1.29, 1.82) is 0 Å². The molecule has 18 aromatic rings. The second-order valence-corrected chi connectivity index (χ2v) is 32.2. The third-order valence-electron chi connectivity index (χ3n) is 26.4. The van der Waals surface area contributed by atoms with Crippen LogP contribution in [0.15, 0.2) is 329 Å². The monoisotopic (exact) mass is 1380 g/mol. The maximum atomic E-state index is 6.99. The maximum absolute atomic E-state index is 6.99. The zero-order valence-corrected chi connectivity index (χ0v) is 59.9. The van der Waals surface area contributed by atoms with E-state index in [1.807, 2.05) is 6.07 Å². The summed E-state index contributed by atoms with van der Waals surface area (Å²) in [5.41, 5.74) is 40.9. The molecule has 4 aromatic heterocycles. The topological polar surface area (TPSA) is 36.1 Å². The predicted octanol–water partition coefficient (Wildman–Crippen LogP) is 27.6. The molecule has 4 heterocycles. The minimum absolute atomic E-state index is 0.0844. The quantitative estimate of drug-likeness (QED) is 0.159. The molecule has 0 saturated heterocycles. The molecule has 7 aliphatic rings. The summed E-state index contributed by atoms with van der Waals surface area (Å²) in [4.78, 5) is 0.